The molecule has 0 aliphatic heterocycles. The van der Waals surface area contributed by atoms with Crippen LogP contribution in [0.15, 0.2) is 36.5 Å². The van der Waals surface area contributed by atoms with Gasteiger partial charge >= 0.3 is 12.1 Å². The number of aromatic carboxylic acids is 1. The molecular formula is C14H12F3N3O3. The van der Waals surface area contributed by atoms with Gasteiger partial charge in [-0.15, -0.1) is 0 Å². The van der Waals surface area contributed by atoms with E-state index in [0.29, 0.717) is 0 Å². The summed E-state index contributed by atoms with van der Waals surface area (Å²) in [5, 5.41) is 14.6. The van der Waals surface area contributed by atoms with Crippen LogP contribution in [-0.2, 0) is 11.0 Å². The smallest absolute Gasteiger partial charge is 0.418 e. The summed E-state index contributed by atoms with van der Waals surface area (Å²) < 4.78 is 39.7. The molecule has 6 nitrogen and oxygen atoms in total. The van der Waals surface area contributed by atoms with Gasteiger partial charge < -0.3 is 10.4 Å². The second-order valence-electron chi connectivity index (χ2n) is 4.69. The first kappa shape index (κ1) is 16.5. The van der Waals surface area contributed by atoms with Crippen LogP contribution in [0.3, 0.4) is 0 Å². The number of nitrogens with zero attached hydrogens (tertiary/aromatic N) is 2. The third kappa shape index (κ3) is 3.68. The Balaban J connectivity index is 2.20. The Hall–Kier alpha value is -2.84. The molecule has 0 bridgehead atoms. The summed E-state index contributed by atoms with van der Waals surface area (Å²) in [6.07, 6.45) is -3.33. The Labute approximate surface area is 128 Å². The molecule has 1 aromatic heterocycles. The predicted octanol–water partition coefficient (Wildman–Crippen LogP) is 2.80. The van der Waals surface area contributed by atoms with Crippen molar-refractivity contribution in [2.24, 2.45) is 0 Å². The van der Waals surface area contributed by atoms with Crippen LogP contribution in [0.4, 0.5) is 18.9 Å². The average molecular weight is 327 g/mol. The van der Waals surface area contributed by atoms with Gasteiger partial charge in [0, 0.05) is 6.20 Å². The second-order valence-corrected chi connectivity index (χ2v) is 4.69. The van der Waals surface area contributed by atoms with Crippen LogP contribution in [0.5, 0.6) is 0 Å². The fourth-order valence-electron chi connectivity index (χ4n) is 1.86. The largest absolute Gasteiger partial charge is 0.476 e. The lowest BCUT2D eigenvalue weighted by Gasteiger charge is -2.16. The molecule has 2 rings (SSSR count). The van der Waals surface area contributed by atoms with E-state index in [4.69, 9.17) is 5.11 Å². The van der Waals surface area contributed by atoms with E-state index in [2.05, 4.69) is 10.4 Å². The van der Waals surface area contributed by atoms with E-state index < -0.39 is 29.7 Å². The summed E-state index contributed by atoms with van der Waals surface area (Å²) in [6, 6.07) is 4.79. The van der Waals surface area contributed by atoms with Crippen molar-refractivity contribution in [2.75, 3.05) is 5.32 Å². The van der Waals surface area contributed by atoms with Crippen molar-refractivity contribution in [3.63, 3.8) is 0 Å². The minimum atomic E-state index is -4.60. The minimum absolute atomic E-state index is 0.264. The van der Waals surface area contributed by atoms with Gasteiger partial charge in [0.25, 0.3) is 0 Å². The summed E-state index contributed by atoms with van der Waals surface area (Å²) in [4.78, 5) is 22.8. The molecule has 0 fully saturated rings. The van der Waals surface area contributed by atoms with Crippen LogP contribution in [0.2, 0.25) is 0 Å². The van der Waals surface area contributed by atoms with Gasteiger partial charge in [-0.2, -0.15) is 18.3 Å². The van der Waals surface area contributed by atoms with Gasteiger partial charge in [0.1, 0.15) is 6.04 Å². The zero-order valence-corrected chi connectivity index (χ0v) is 11.8. The number of aromatic nitrogens is 2. The molecule has 0 saturated heterocycles. The number of carbonyl (C=O) groups is 2. The number of nitrogens with one attached hydrogen (secondary N) is 1. The molecule has 0 aliphatic carbocycles. The number of anilines is 1. The Bertz CT molecular complexity index is 740. The molecule has 2 N–H and O–H groups in total. The quantitative estimate of drug-likeness (QED) is 0.904. The molecule has 9 heteroatoms. The normalized spacial score (nSPS) is 12.7. The number of rotatable bonds is 4. The Morgan fingerprint density at radius 3 is 2.48 bits per heavy atom. The molecule has 1 heterocycles. The molecular weight excluding hydrogens is 315 g/mol. The van der Waals surface area contributed by atoms with Crippen molar-refractivity contribution in [1.82, 2.24) is 9.78 Å². The number of alkyl halides is 3. The van der Waals surface area contributed by atoms with Crippen LogP contribution in [-0.4, -0.2) is 26.8 Å². The van der Waals surface area contributed by atoms with Gasteiger partial charge in [0.2, 0.25) is 5.91 Å². The number of amides is 1. The topological polar surface area (TPSA) is 84.2 Å². The van der Waals surface area contributed by atoms with Crippen molar-refractivity contribution >= 4 is 17.6 Å². The highest BCUT2D eigenvalue weighted by atomic mass is 19.4. The number of carboxylic acids is 1. The predicted molar refractivity (Wildman–Crippen MR) is 74.0 cm³/mol. The molecule has 0 radical (unpaired) electrons. The summed E-state index contributed by atoms with van der Waals surface area (Å²) in [5.41, 5.74) is -1.60. The number of carbonyl (C=O) groups excluding carboxylic acids is 1. The third-order valence-electron chi connectivity index (χ3n) is 3.09. The highest BCUT2D eigenvalue weighted by Gasteiger charge is 2.34. The maximum absolute atomic E-state index is 12.9. The van der Waals surface area contributed by atoms with E-state index in [1.807, 2.05) is 0 Å². The van der Waals surface area contributed by atoms with Crippen LogP contribution in [0, 0.1) is 0 Å². The standard InChI is InChI=1S/C14H12F3N3O3/c1-8(20-7-6-11(19-20)13(22)23)12(21)18-10-5-3-2-4-9(10)14(15,16)17/h2-8H,1H3,(H,18,21)(H,22,23). The molecule has 1 unspecified atom stereocenters. The lowest BCUT2D eigenvalue weighted by atomic mass is 10.1. The zero-order chi connectivity index (χ0) is 17.2. The van der Waals surface area contributed by atoms with E-state index >= 15 is 0 Å². The second kappa shape index (κ2) is 6.11. The fraction of sp³-hybridized carbons (Fsp3) is 0.214. The highest BCUT2D eigenvalue weighted by molar-refractivity contribution is 5.94. The summed E-state index contributed by atoms with van der Waals surface area (Å²) in [7, 11) is 0. The third-order valence-corrected chi connectivity index (χ3v) is 3.09. The van der Waals surface area contributed by atoms with E-state index in [0.717, 1.165) is 16.8 Å². The summed E-state index contributed by atoms with van der Waals surface area (Å²) >= 11 is 0. The van der Waals surface area contributed by atoms with Crippen molar-refractivity contribution < 1.29 is 27.9 Å². The van der Waals surface area contributed by atoms with Gasteiger partial charge in [-0.3, -0.25) is 9.48 Å². The molecule has 1 atom stereocenters. The van der Waals surface area contributed by atoms with Crippen molar-refractivity contribution in [2.45, 2.75) is 19.1 Å². The monoisotopic (exact) mass is 327 g/mol. The maximum atomic E-state index is 12.9. The number of hydrogen-bond donors (Lipinski definition) is 2. The Morgan fingerprint density at radius 2 is 1.91 bits per heavy atom. The molecule has 122 valence electrons. The van der Waals surface area contributed by atoms with E-state index in [1.54, 1.807) is 0 Å². The Morgan fingerprint density at radius 1 is 1.26 bits per heavy atom. The Kier molecular flexibility index (Phi) is 4.39. The first-order valence-electron chi connectivity index (χ1n) is 6.45. The molecule has 0 saturated carbocycles. The van der Waals surface area contributed by atoms with Crippen LogP contribution in [0.25, 0.3) is 0 Å². The minimum Gasteiger partial charge on any atom is -0.476 e. The van der Waals surface area contributed by atoms with E-state index in [-0.39, 0.29) is 11.4 Å². The van der Waals surface area contributed by atoms with Crippen molar-refractivity contribution in [3.05, 3.63) is 47.8 Å². The van der Waals surface area contributed by atoms with Gasteiger partial charge in [-0.1, -0.05) is 12.1 Å². The van der Waals surface area contributed by atoms with Crippen LogP contribution < -0.4 is 5.32 Å². The number of carboxylic acid groups (broad SMARTS) is 1. The average Bonchev–Trinajstić information content (AvgIpc) is 2.95. The van der Waals surface area contributed by atoms with E-state index in [1.165, 1.54) is 31.3 Å². The molecule has 0 aliphatic rings. The number of hydrogen-bond acceptors (Lipinski definition) is 3. The highest BCUT2D eigenvalue weighted by Crippen LogP contribution is 2.34. The van der Waals surface area contributed by atoms with Crippen LogP contribution in [0.1, 0.15) is 29.0 Å². The van der Waals surface area contributed by atoms with E-state index in [9.17, 15) is 22.8 Å². The molecule has 23 heavy (non-hydrogen) atoms. The van der Waals surface area contributed by atoms with Crippen LogP contribution >= 0.6 is 0 Å². The summed E-state index contributed by atoms with van der Waals surface area (Å²) in [5.74, 6) is -2.01. The van der Waals surface area contributed by atoms with Crippen molar-refractivity contribution in [1.29, 1.82) is 0 Å². The van der Waals surface area contributed by atoms with Crippen molar-refractivity contribution in [3.8, 4) is 0 Å². The molecule has 1 amide bonds. The zero-order valence-electron chi connectivity index (χ0n) is 11.8. The lowest BCUT2D eigenvalue weighted by Crippen LogP contribution is -2.25. The first-order chi connectivity index (χ1) is 10.7. The number of benzene rings is 1. The molecule has 1 aromatic carbocycles. The summed E-state index contributed by atoms with van der Waals surface area (Å²) in [6.45, 7) is 1.39. The molecule has 0 spiro atoms. The SMILES string of the molecule is CC(C(=O)Nc1ccccc1C(F)(F)F)n1ccc(C(=O)O)n1. The number of halogens is 3. The van der Waals surface area contributed by atoms with Gasteiger partial charge in [0.05, 0.1) is 11.3 Å². The maximum Gasteiger partial charge on any atom is 0.418 e. The molecule has 2 aromatic rings. The number of para-hydroxylation sites is 1. The fourth-order valence-corrected chi connectivity index (χ4v) is 1.86. The lowest BCUT2D eigenvalue weighted by molar-refractivity contribution is -0.137. The van der Waals surface area contributed by atoms with Gasteiger partial charge in [-0.25, -0.2) is 4.79 Å². The van der Waals surface area contributed by atoms with Gasteiger partial charge in [-0.05, 0) is 25.1 Å². The van der Waals surface area contributed by atoms with Gasteiger partial charge in [0.15, 0.2) is 5.69 Å². The first-order valence-corrected chi connectivity index (χ1v) is 6.45.